The van der Waals surface area contributed by atoms with Gasteiger partial charge in [0.2, 0.25) is 0 Å². The highest BCUT2D eigenvalue weighted by molar-refractivity contribution is 4.63. The van der Waals surface area contributed by atoms with E-state index in [1.807, 2.05) is 0 Å². The summed E-state index contributed by atoms with van der Waals surface area (Å²) in [6.07, 6.45) is 16.8. The molecule has 0 saturated heterocycles. The van der Waals surface area contributed by atoms with Crippen LogP contribution in [0.3, 0.4) is 0 Å². The van der Waals surface area contributed by atoms with Crippen LogP contribution in [0.2, 0.25) is 0 Å². The molecule has 0 aromatic rings. The molecule has 0 aliphatic carbocycles. The van der Waals surface area contributed by atoms with Crippen molar-refractivity contribution in [2.75, 3.05) is 13.1 Å². The van der Waals surface area contributed by atoms with Crippen molar-refractivity contribution in [1.29, 1.82) is 0 Å². The van der Waals surface area contributed by atoms with Gasteiger partial charge < -0.3 is 5.32 Å². The summed E-state index contributed by atoms with van der Waals surface area (Å²) in [5.41, 5.74) is 0. The summed E-state index contributed by atoms with van der Waals surface area (Å²) in [6.45, 7) is 9.39. The average molecular weight is 270 g/mol. The van der Waals surface area contributed by atoms with Gasteiger partial charge >= 0.3 is 0 Å². The van der Waals surface area contributed by atoms with Crippen LogP contribution in [0, 0.1) is 5.92 Å². The number of unbranched alkanes of at least 4 members (excludes halogenated alkanes) is 7. The maximum atomic E-state index is 3.69. The molecule has 1 N–H and O–H groups in total. The molecule has 19 heavy (non-hydrogen) atoms. The van der Waals surface area contributed by atoms with Gasteiger partial charge in [-0.1, -0.05) is 78.6 Å². The van der Waals surface area contributed by atoms with Gasteiger partial charge in [0.25, 0.3) is 0 Å². The van der Waals surface area contributed by atoms with Gasteiger partial charge in [-0.3, -0.25) is 0 Å². The summed E-state index contributed by atoms with van der Waals surface area (Å²) in [5.74, 6) is 0.931. The zero-order valence-corrected chi connectivity index (χ0v) is 14.0. The Morgan fingerprint density at radius 1 is 0.632 bits per heavy atom. The van der Waals surface area contributed by atoms with Crippen molar-refractivity contribution in [2.24, 2.45) is 5.92 Å². The lowest BCUT2D eigenvalue weighted by Crippen LogP contribution is -2.24. The van der Waals surface area contributed by atoms with E-state index < -0.39 is 0 Å². The van der Waals surface area contributed by atoms with E-state index >= 15 is 0 Å². The van der Waals surface area contributed by atoms with Gasteiger partial charge in [-0.05, 0) is 38.3 Å². The highest BCUT2D eigenvalue weighted by Crippen LogP contribution is 2.15. The molecule has 0 atom stereocenters. The van der Waals surface area contributed by atoms with Crippen LogP contribution in [0.4, 0.5) is 0 Å². The Kier molecular flexibility index (Phi) is 16.0. The highest BCUT2D eigenvalue weighted by atomic mass is 14.8. The summed E-state index contributed by atoms with van der Waals surface area (Å²) in [6, 6.07) is 0. The molecule has 0 aromatic carbocycles. The number of hydrogen-bond acceptors (Lipinski definition) is 1. The van der Waals surface area contributed by atoms with Crippen LogP contribution in [-0.2, 0) is 0 Å². The number of hydrogen-bond donors (Lipinski definition) is 1. The smallest absolute Gasteiger partial charge is 0.00205 e. The number of nitrogens with one attached hydrogen (secondary N) is 1. The Morgan fingerprint density at radius 2 is 1.16 bits per heavy atom. The zero-order chi connectivity index (χ0) is 14.2. The zero-order valence-electron chi connectivity index (χ0n) is 14.0. The summed E-state index contributed by atoms with van der Waals surface area (Å²) in [5, 5.41) is 3.69. The molecular weight excluding hydrogens is 230 g/mol. The first-order chi connectivity index (χ1) is 9.35. The standard InChI is InChI=1S/C18H39N/c1-4-7-10-11-12-13-16-19-17-18(14-8-5-2)15-9-6-3/h18-19H,4-17H2,1-3H3. The van der Waals surface area contributed by atoms with Gasteiger partial charge in [-0.25, -0.2) is 0 Å². The van der Waals surface area contributed by atoms with Crippen LogP contribution in [0.25, 0.3) is 0 Å². The molecule has 0 spiro atoms. The molecular formula is C18H39N. The van der Waals surface area contributed by atoms with Crippen molar-refractivity contribution in [3.63, 3.8) is 0 Å². The second kappa shape index (κ2) is 16.0. The van der Waals surface area contributed by atoms with E-state index in [4.69, 9.17) is 0 Å². The lowest BCUT2D eigenvalue weighted by Gasteiger charge is -2.17. The van der Waals surface area contributed by atoms with Gasteiger partial charge in [0.15, 0.2) is 0 Å². The lowest BCUT2D eigenvalue weighted by atomic mass is 9.96. The molecule has 0 aliphatic heterocycles. The molecule has 0 fully saturated rings. The molecule has 0 aliphatic rings. The minimum Gasteiger partial charge on any atom is -0.316 e. The second-order valence-corrected chi connectivity index (χ2v) is 6.12. The fraction of sp³-hybridized carbons (Fsp3) is 1.00. The maximum absolute atomic E-state index is 3.69. The molecule has 1 heteroatoms. The Balaban J connectivity index is 3.40. The first-order valence-electron chi connectivity index (χ1n) is 9.05. The van der Waals surface area contributed by atoms with Gasteiger partial charge in [0.05, 0.1) is 0 Å². The van der Waals surface area contributed by atoms with E-state index in [0.29, 0.717) is 0 Å². The van der Waals surface area contributed by atoms with Crippen molar-refractivity contribution < 1.29 is 0 Å². The first kappa shape index (κ1) is 19.0. The van der Waals surface area contributed by atoms with E-state index in [0.717, 1.165) is 5.92 Å². The molecule has 0 aromatic heterocycles. The minimum atomic E-state index is 0.931. The summed E-state index contributed by atoms with van der Waals surface area (Å²) in [7, 11) is 0. The van der Waals surface area contributed by atoms with E-state index in [2.05, 4.69) is 26.1 Å². The molecule has 0 amide bonds. The number of rotatable bonds is 15. The second-order valence-electron chi connectivity index (χ2n) is 6.12. The summed E-state index contributed by atoms with van der Waals surface area (Å²) in [4.78, 5) is 0. The Hall–Kier alpha value is -0.0400. The fourth-order valence-corrected chi connectivity index (χ4v) is 2.67. The Bertz CT molecular complexity index is 148. The fourth-order valence-electron chi connectivity index (χ4n) is 2.67. The first-order valence-corrected chi connectivity index (χ1v) is 9.05. The van der Waals surface area contributed by atoms with Crippen molar-refractivity contribution in [3.05, 3.63) is 0 Å². The Labute approximate surface area is 122 Å². The van der Waals surface area contributed by atoms with Crippen LogP contribution in [-0.4, -0.2) is 13.1 Å². The quantitative estimate of drug-likeness (QED) is 0.363. The van der Waals surface area contributed by atoms with Gasteiger partial charge in [-0.2, -0.15) is 0 Å². The van der Waals surface area contributed by atoms with Crippen LogP contribution < -0.4 is 5.32 Å². The molecule has 0 saturated carbocycles. The van der Waals surface area contributed by atoms with E-state index in [9.17, 15) is 0 Å². The highest BCUT2D eigenvalue weighted by Gasteiger charge is 2.06. The molecule has 0 unspecified atom stereocenters. The molecule has 116 valence electrons. The minimum absolute atomic E-state index is 0.931. The van der Waals surface area contributed by atoms with Gasteiger partial charge in [-0.15, -0.1) is 0 Å². The molecule has 0 rings (SSSR count). The van der Waals surface area contributed by atoms with E-state index in [1.54, 1.807) is 0 Å². The normalized spacial score (nSPS) is 11.4. The van der Waals surface area contributed by atoms with Crippen molar-refractivity contribution in [3.8, 4) is 0 Å². The monoisotopic (exact) mass is 269 g/mol. The topological polar surface area (TPSA) is 12.0 Å². The van der Waals surface area contributed by atoms with Crippen molar-refractivity contribution >= 4 is 0 Å². The van der Waals surface area contributed by atoms with Crippen molar-refractivity contribution in [2.45, 2.75) is 97.8 Å². The average Bonchev–Trinajstić information content (AvgIpc) is 2.43. The SMILES string of the molecule is CCCCCCCCNCC(CCCC)CCCC. The molecule has 0 radical (unpaired) electrons. The van der Waals surface area contributed by atoms with Crippen LogP contribution >= 0.6 is 0 Å². The molecule has 0 bridgehead atoms. The van der Waals surface area contributed by atoms with Gasteiger partial charge in [0.1, 0.15) is 0 Å². The lowest BCUT2D eigenvalue weighted by molar-refractivity contribution is 0.391. The predicted octanol–water partition coefficient (Wildman–Crippen LogP) is 5.93. The largest absolute Gasteiger partial charge is 0.316 e. The maximum Gasteiger partial charge on any atom is -0.00205 e. The predicted molar refractivity (Wildman–Crippen MR) is 88.8 cm³/mol. The summed E-state index contributed by atoms with van der Waals surface area (Å²) < 4.78 is 0. The van der Waals surface area contributed by atoms with Crippen molar-refractivity contribution in [1.82, 2.24) is 5.32 Å². The van der Waals surface area contributed by atoms with E-state index in [1.165, 1.54) is 90.1 Å². The molecule has 1 nitrogen and oxygen atoms in total. The van der Waals surface area contributed by atoms with Gasteiger partial charge in [0, 0.05) is 0 Å². The van der Waals surface area contributed by atoms with Crippen LogP contribution in [0.15, 0.2) is 0 Å². The van der Waals surface area contributed by atoms with E-state index in [-0.39, 0.29) is 0 Å². The molecule has 0 heterocycles. The Morgan fingerprint density at radius 3 is 1.74 bits per heavy atom. The van der Waals surface area contributed by atoms with Crippen LogP contribution in [0.5, 0.6) is 0 Å². The third-order valence-electron chi connectivity index (χ3n) is 4.07. The third-order valence-corrected chi connectivity index (χ3v) is 4.07. The third kappa shape index (κ3) is 14.2. The van der Waals surface area contributed by atoms with Crippen LogP contribution in [0.1, 0.15) is 97.8 Å². The summed E-state index contributed by atoms with van der Waals surface area (Å²) >= 11 is 0.